The Morgan fingerprint density at radius 2 is 2.12 bits per heavy atom. The van der Waals surface area contributed by atoms with Crippen LogP contribution >= 0.6 is 0 Å². The quantitative estimate of drug-likeness (QED) is 0.834. The zero-order chi connectivity index (χ0) is 12.5. The molecular formula is C13H19N3O. The average molecular weight is 233 g/mol. The smallest absolute Gasteiger partial charge is 0.239 e. The van der Waals surface area contributed by atoms with Gasteiger partial charge in [0.25, 0.3) is 0 Å². The molecular weight excluding hydrogens is 214 g/mol. The molecule has 2 heterocycles. The van der Waals surface area contributed by atoms with Gasteiger partial charge in [0.1, 0.15) is 0 Å². The summed E-state index contributed by atoms with van der Waals surface area (Å²) in [6.07, 6.45) is 3.52. The van der Waals surface area contributed by atoms with Gasteiger partial charge in [0.05, 0.1) is 6.04 Å². The highest BCUT2D eigenvalue weighted by Crippen LogP contribution is 2.17. The fourth-order valence-electron chi connectivity index (χ4n) is 2.36. The maximum atomic E-state index is 12.1. The SMILES string of the molecule is CC1NC(C)(C)CN(Cc2ccncc2)C1=O. The predicted molar refractivity (Wildman–Crippen MR) is 66.3 cm³/mol. The van der Waals surface area contributed by atoms with Crippen LogP contribution in [0.1, 0.15) is 26.3 Å². The summed E-state index contributed by atoms with van der Waals surface area (Å²) in [5, 5.41) is 3.32. The molecule has 1 N–H and O–H groups in total. The minimum atomic E-state index is -0.111. The molecule has 0 aliphatic carbocycles. The minimum absolute atomic E-state index is 0.0274. The van der Waals surface area contributed by atoms with Gasteiger partial charge < -0.3 is 4.90 Å². The highest BCUT2D eigenvalue weighted by Gasteiger charge is 2.35. The zero-order valence-electron chi connectivity index (χ0n) is 10.6. The van der Waals surface area contributed by atoms with Gasteiger partial charge in [-0.25, -0.2) is 0 Å². The van der Waals surface area contributed by atoms with Crippen molar-refractivity contribution in [2.75, 3.05) is 6.54 Å². The summed E-state index contributed by atoms with van der Waals surface area (Å²) in [6, 6.07) is 3.79. The summed E-state index contributed by atoms with van der Waals surface area (Å²) < 4.78 is 0. The number of piperazine rings is 1. The van der Waals surface area contributed by atoms with Crippen LogP contribution in [-0.2, 0) is 11.3 Å². The molecule has 4 nitrogen and oxygen atoms in total. The minimum Gasteiger partial charge on any atom is -0.335 e. The Balaban J connectivity index is 2.12. The number of pyridine rings is 1. The van der Waals surface area contributed by atoms with Gasteiger partial charge in [-0.15, -0.1) is 0 Å². The molecule has 1 aromatic rings. The second kappa shape index (κ2) is 4.45. The fraction of sp³-hybridized carbons (Fsp3) is 0.538. The van der Waals surface area contributed by atoms with Crippen molar-refractivity contribution in [2.45, 2.75) is 38.9 Å². The molecule has 4 heteroatoms. The van der Waals surface area contributed by atoms with Crippen molar-refractivity contribution in [1.29, 1.82) is 0 Å². The van der Waals surface area contributed by atoms with Crippen LogP contribution in [-0.4, -0.2) is 33.9 Å². The van der Waals surface area contributed by atoms with Gasteiger partial charge >= 0.3 is 0 Å². The molecule has 0 spiro atoms. The molecule has 1 amide bonds. The van der Waals surface area contributed by atoms with Crippen LogP contribution in [0.5, 0.6) is 0 Å². The van der Waals surface area contributed by atoms with Gasteiger partial charge in [0, 0.05) is 31.0 Å². The second-order valence-electron chi connectivity index (χ2n) is 5.30. The summed E-state index contributed by atoms with van der Waals surface area (Å²) in [5.74, 6) is 0.168. The molecule has 1 atom stereocenters. The summed E-state index contributed by atoms with van der Waals surface area (Å²) in [6.45, 7) is 7.56. The van der Waals surface area contributed by atoms with E-state index in [1.54, 1.807) is 12.4 Å². The highest BCUT2D eigenvalue weighted by atomic mass is 16.2. The van der Waals surface area contributed by atoms with E-state index in [1.165, 1.54) is 0 Å². The first-order chi connectivity index (χ1) is 7.98. The van der Waals surface area contributed by atoms with E-state index in [9.17, 15) is 4.79 Å². The lowest BCUT2D eigenvalue weighted by atomic mass is 9.98. The molecule has 1 aliphatic heterocycles. The Bertz CT molecular complexity index is 402. The fourth-order valence-corrected chi connectivity index (χ4v) is 2.36. The Morgan fingerprint density at radius 1 is 1.47 bits per heavy atom. The van der Waals surface area contributed by atoms with Crippen molar-refractivity contribution in [3.8, 4) is 0 Å². The van der Waals surface area contributed by atoms with Crippen molar-refractivity contribution >= 4 is 5.91 Å². The van der Waals surface area contributed by atoms with Gasteiger partial charge in [-0.2, -0.15) is 0 Å². The molecule has 17 heavy (non-hydrogen) atoms. The monoisotopic (exact) mass is 233 g/mol. The molecule has 92 valence electrons. The third-order valence-corrected chi connectivity index (χ3v) is 3.00. The topological polar surface area (TPSA) is 45.2 Å². The molecule has 2 rings (SSSR count). The number of amides is 1. The summed E-state index contributed by atoms with van der Waals surface area (Å²) in [7, 11) is 0. The number of nitrogens with zero attached hydrogens (tertiary/aromatic N) is 2. The standard InChI is InChI=1S/C13H19N3O/c1-10-12(17)16(9-13(2,3)15-10)8-11-4-6-14-7-5-11/h4-7,10,15H,8-9H2,1-3H3. The maximum absolute atomic E-state index is 12.1. The van der Waals surface area contributed by atoms with Crippen LogP contribution in [0.15, 0.2) is 24.5 Å². The summed E-state index contributed by atoms with van der Waals surface area (Å²) >= 11 is 0. The molecule has 0 aromatic carbocycles. The number of aromatic nitrogens is 1. The summed E-state index contributed by atoms with van der Waals surface area (Å²) in [5.41, 5.74) is 1.10. The van der Waals surface area contributed by atoms with Gasteiger partial charge in [-0.1, -0.05) is 0 Å². The van der Waals surface area contributed by atoms with Crippen LogP contribution in [0.4, 0.5) is 0 Å². The number of rotatable bonds is 2. The number of hydrogen-bond acceptors (Lipinski definition) is 3. The third kappa shape index (κ3) is 2.82. The van der Waals surface area contributed by atoms with E-state index in [2.05, 4.69) is 24.1 Å². The van der Waals surface area contributed by atoms with E-state index in [1.807, 2.05) is 24.0 Å². The van der Waals surface area contributed by atoms with Gasteiger partial charge in [-0.05, 0) is 38.5 Å². The van der Waals surface area contributed by atoms with E-state index in [4.69, 9.17) is 0 Å². The average Bonchev–Trinajstić information content (AvgIpc) is 2.26. The predicted octanol–water partition coefficient (Wildman–Crippen LogP) is 1.18. The van der Waals surface area contributed by atoms with Gasteiger partial charge in [0.2, 0.25) is 5.91 Å². The van der Waals surface area contributed by atoms with Gasteiger partial charge in [-0.3, -0.25) is 15.1 Å². The van der Waals surface area contributed by atoms with Crippen molar-refractivity contribution in [3.05, 3.63) is 30.1 Å². The van der Waals surface area contributed by atoms with Crippen molar-refractivity contribution in [3.63, 3.8) is 0 Å². The van der Waals surface area contributed by atoms with Crippen LogP contribution in [0.2, 0.25) is 0 Å². The lowest BCUT2D eigenvalue weighted by Gasteiger charge is -2.42. The lowest BCUT2D eigenvalue weighted by Crippen LogP contribution is -2.63. The first kappa shape index (κ1) is 12.0. The molecule has 0 radical (unpaired) electrons. The Labute approximate surface area is 102 Å². The number of nitrogens with one attached hydrogen (secondary N) is 1. The molecule has 1 fully saturated rings. The third-order valence-electron chi connectivity index (χ3n) is 3.00. The van der Waals surface area contributed by atoms with E-state index < -0.39 is 0 Å². The molecule has 0 bridgehead atoms. The van der Waals surface area contributed by atoms with E-state index in [0.29, 0.717) is 6.54 Å². The van der Waals surface area contributed by atoms with Crippen molar-refractivity contribution < 1.29 is 4.79 Å². The van der Waals surface area contributed by atoms with Crippen molar-refractivity contribution in [1.82, 2.24) is 15.2 Å². The number of carbonyl (C=O) groups is 1. The Kier molecular flexibility index (Phi) is 3.15. The van der Waals surface area contributed by atoms with Crippen LogP contribution in [0.3, 0.4) is 0 Å². The van der Waals surface area contributed by atoms with Crippen LogP contribution in [0.25, 0.3) is 0 Å². The van der Waals surface area contributed by atoms with E-state index in [-0.39, 0.29) is 17.5 Å². The molecule has 1 aliphatic rings. The van der Waals surface area contributed by atoms with Gasteiger partial charge in [0.15, 0.2) is 0 Å². The Hall–Kier alpha value is -1.42. The number of hydrogen-bond donors (Lipinski definition) is 1. The van der Waals surface area contributed by atoms with Crippen molar-refractivity contribution in [2.24, 2.45) is 0 Å². The van der Waals surface area contributed by atoms with Crippen LogP contribution < -0.4 is 5.32 Å². The first-order valence-electron chi connectivity index (χ1n) is 5.93. The maximum Gasteiger partial charge on any atom is 0.239 e. The largest absolute Gasteiger partial charge is 0.335 e. The van der Waals surface area contributed by atoms with Crippen LogP contribution in [0, 0.1) is 0 Å². The molecule has 1 aromatic heterocycles. The van der Waals surface area contributed by atoms with E-state index in [0.717, 1.165) is 12.1 Å². The van der Waals surface area contributed by atoms with E-state index >= 15 is 0 Å². The molecule has 0 saturated carbocycles. The molecule has 1 unspecified atom stereocenters. The highest BCUT2D eigenvalue weighted by molar-refractivity contribution is 5.82. The normalized spacial score (nSPS) is 23.8. The molecule has 1 saturated heterocycles. The lowest BCUT2D eigenvalue weighted by molar-refractivity contribution is -0.138. The zero-order valence-corrected chi connectivity index (χ0v) is 10.6. The summed E-state index contributed by atoms with van der Waals surface area (Å²) in [4.78, 5) is 18.0. The Morgan fingerprint density at radius 3 is 2.76 bits per heavy atom. The second-order valence-corrected chi connectivity index (χ2v) is 5.30. The first-order valence-corrected chi connectivity index (χ1v) is 5.93. The number of carbonyl (C=O) groups excluding carboxylic acids is 1.